The van der Waals surface area contributed by atoms with Crippen molar-refractivity contribution in [3.8, 4) is 5.75 Å². The van der Waals surface area contributed by atoms with Gasteiger partial charge in [0, 0.05) is 29.7 Å². The third-order valence-corrected chi connectivity index (χ3v) is 5.18. The lowest BCUT2D eigenvalue weighted by Crippen LogP contribution is -2.29. The molecule has 1 saturated heterocycles. The molecule has 4 rings (SSSR count). The van der Waals surface area contributed by atoms with Gasteiger partial charge in [0.15, 0.2) is 0 Å². The average molecular weight is 414 g/mol. The van der Waals surface area contributed by atoms with Crippen molar-refractivity contribution in [2.24, 2.45) is 0 Å². The number of benzene rings is 2. The number of nitrogens with zero attached hydrogens (tertiary/aromatic N) is 2. The molecular formula is C25H22N2O4. The highest BCUT2D eigenvalue weighted by Gasteiger charge is 2.47. The molecule has 1 aliphatic rings. The highest BCUT2D eigenvalue weighted by Crippen LogP contribution is 2.42. The number of ketones is 1. The van der Waals surface area contributed by atoms with E-state index in [-0.39, 0.29) is 11.3 Å². The van der Waals surface area contributed by atoms with Crippen molar-refractivity contribution < 1.29 is 19.4 Å². The molecule has 1 fully saturated rings. The van der Waals surface area contributed by atoms with Gasteiger partial charge in [-0.3, -0.25) is 19.5 Å². The van der Waals surface area contributed by atoms with Crippen LogP contribution in [-0.2, 0) is 9.59 Å². The van der Waals surface area contributed by atoms with Gasteiger partial charge >= 0.3 is 0 Å². The molecule has 2 aromatic carbocycles. The summed E-state index contributed by atoms with van der Waals surface area (Å²) in [5.74, 6) is -1.08. The summed E-state index contributed by atoms with van der Waals surface area (Å²) in [4.78, 5) is 31.8. The minimum atomic E-state index is -0.813. The van der Waals surface area contributed by atoms with Crippen molar-refractivity contribution in [3.63, 3.8) is 0 Å². The first-order chi connectivity index (χ1) is 15.0. The van der Waals surface area contributed by atoms with Gasteiger partial charge in [-0.05, 0) is 37.6 Å². The maximum absolute atomic E-state index is 13.1. The van der Waals surface area contributed by atoms with Gasteiger partial charge in [0.05, 0.1) is 18.2 Å². The van der Waals surface area contributed by atoms with E-state index in [1.807, 2.05) is 26.0 Å². The molecule has 0 saturated carbocycles. The number of pyridine rings is 1. The summed E-state index contributed by atoms with van der Waals surface area (Å²) in [5, 5.41) is 11.1. The van der Waals surface area contributed by atoms with E-state index in [1.165, 1.54) is 4.90 Å². The Labute approximate surface area is 180 Å². The number of hydrogen-bond donors (Lipinski definition) is 1. The van der Waals surface area contributed by atoms with E-state index < -0.39 is 17.7 Å². The molecule has 156 valence electrons. The third kappa shape index (κ3) is 3.80. The quantitative estimate of drug-likeness (QED) is 0.380. The molecular weight excluding hydrogens is 392 g/mol. The number of carbonyl (C=O) groups excluding carboxylic acids is 2. The van der Waals surface area contributed by atoms with E-state index in [1.54, 1.807) is 60.9 Å². The summed E-state index contributed by atoms with van der Waals surface area (Å²) < 4.78 is 5.57. The summed E-state index contributed by atoms with van der Waals surface area (Å²) in [6.45, 7) is 4.28. The zero-order chi connectivity index (χ0) is 22.0. The minimum Gasteiger partial charge on any atom is -0.507 e. The Morgan fingerprint density at radius 1 is 1.10 bits per heavy atom. The Morgan fingerprint density at radius 3 is 2.55 bits per heavy atom. The van der Waals surface area contributed by atoms with Gasteiger partial charge in [-0.2, -0.15) is 0 Å². The van der Waals surface area contributed by atoms with Crippen LogP contribution < -0.4 is 9.64 Å². The van der Waals surface area contributed by atoms with E-state index in [4.69, 9.17) is 4.74 Å². The topological polar surface area (TPSA) is 79.7 Å². The van der Waals surface area contributed by atoms with Crippen molar-refractivity contribution in [1.82, 2.24) is 4.98 Å². The van der Waals surface area contributed by atoms with Crippen molar-refractivity contribution in [3.05, 3.63) is 95.3 Å². The Balaban J connectivity index is 1.91. The van der Waals surface area contributed by atoms with E-state index >= 15 is 0 Å². The minimum absolute atomic E-state index is 0.0312. The smallest absolute Gasteiger partial charge is 0.300 e. The van der Waals surface area contributed by atoms with Crippen LogP contribution in [0.5, 0.6) is 5.75 Å². The zero-order valence-electron chi connectivity index (χ0n) is 17.3. The van der Waals surface area contributed by atoms with Gasteiger partial charge in [0.1, 0.15) is 11.5 Å². The van der Waals surface area contributed by atoms with Crippen LogP contribution in [0.2, 0.25) is 0 Å². The first-order valence-electron chi connectivity index (χ1n) is 10.0. The number of carbonyl (C=O) groups is 2. The normalized spacial score (nSPS) is 17.7. The van der Waals surface area contributed by atoms with Crippen molar-refractivity contribution in [1.29, 1.82) is 0 Å². The van der Waals surface area contributed by atoms with Crippen LogP contribution in [0.25, 0.3) is 5.76 Å². The molecule has 1 atom stereocenters. The van der Waals surface area contributed by atoms with Gasteiger partial charge in [-0.1, -0.05) is 42.0 Å². The van der Waals surface area contributed by atoms with Crippen LogP contribution in [0, 0.1) is 6.92 Å². The molecule has 2 heterocycles. The van der Waals surface area contributed by atoms with Crippen molar-refractivity contribution in [2.45, 2.75) is 19.9 Å². The third-order valence-electron chi connectivity index (χ3n) is 5.18. The van der Waals surface area contributed by atoms with Gasteiger partial charge in [0.2, 0.25) is 0 Å². The first kappa shape index (κ1) is 20.3. The number of aliphatic hydroxyl groups is 1. The molecule has 31 heavy (non-hydrogen) atoms. The van der Waals surface area contributed by atoms with Gasteiger partial charge < -0.3 is 9.84 Å². The van der Waals surface area contributed by atoms with E-state index in [0.29, 0.717) is 29.2 Å². The lowest BCUT2D eigenvalue weighted by atomic mass is 9.96. The molecule has 3 aromatic rings. The maximum Gasteiger partial charge on any atom is 0.300 e. The second-order valence-corrected chi connectivity index (χ2v) is 7.25. The summed E-state index contributed by atoms with van der Waals surface area (Å²) in [6.07, 6.45) is 3.21. The number of amides is 1. The monoisotopic (exact) mass is 414 g/mol. The van der Waals surface area contributed by atoms with Crippen molar-refractivity contribution >= 4 is 23.1 Å². The van der Waals surface area contributed by atoms with E-state index in [0.717, 1.165) is 5.56 Å². The van der Waals surface area contributed by atoms with Crippen LogP contribution in [0.15, 0.2) is 78.6 Å². The Morgan fingerprint density at radius 2 is 1.87 bits per heavy atom. The number of Topliss-reactive ketones (excluding diaryl/α,β-unsaturated/α-hetero) is 1. The molecule has 0 aliphatic carbocycles. The van der Waals surface area contributed by atoms with Crippen LogP contribution in [0.3, 0.4) is 0 Å². The number of hydrogen-bond acceptors (Lipinski definition) is 5. The number of anilines is 1. The van der Waals surface area contributed by atoms with Crippen molar-refractivity contribution in [2.75, 3.05) is 11.5 Å². The Bertz CT molecular complexity index is 1150. The standard InChI is InChI=1S/C25H22N2O4/c1-3-31-20-8-4-7-19(14-20)27-22(18-6-5-13-26-15-18)21(24(29)25(27)30)23(28)17-11-9-16(2)10-12-17/h4-15,22,28H,3H2,1-2H3/b23-21+. The highest BCUT2D eigenvalue weighted by molar-refractivity contribution is 6.51. The molecule has 0 radical (unpaired) electrons. The molecule has 1 unspecified atom stereocenters. The fourth-order valence-corrected chi connectivity index (χ4v) is 3.71. The molecule has 1 aliphatic heterocycles. The lowest BCUT2D eigenvalue weighted by molar-refractivity contribution is -0.132. The molecule has 0 bridgehead atoms. The summed E-state index contributed by atoms with van der Waals surface area (Å²) in [6, 6.07) is 16.9. The predicted molar refractivity (Wildman–Crippen MR) is 118 cm³/mol. The Kier molecular flexibility index (Phi) is 5.54. The highest BCUT2D eigenvalue weighted by atomic mass is 16.5. The number of aryl methyl sites for hydroxylation is 1. The largest absolute Gasteiger partial charge is 0.507 e. The van der Waals surface area contributed by atoms with E-state index in [2.05, 4.69) is 4.98 Å². The van der Waals surface area contributed by atoms with Crippen LogP contribution in [-0.4, -0.2) is 28.4 Å². The van der Waals surface area contributed by atoms with E-state index in [9.17, 15) is 14.7 Å². The Hall–Kier alpha value is -3.93. The second kappa shape index (κ2) is 8.44. The van der Waals surface area contributed by atoms with Crippen LogP contribution in [0.4, 0.5) is 5.69 Å². The molecule has 1 aromatic heterocycles. The van der Waals surface area contributed by atoms with Gasteiger partial charge in [0.25, 0.3) is 11.7 Å². The zero-order valence-corrected chi connectivity index (χ0v) is 17.3. The number of rotatable bonds is 5. The van der Waals surface area contributed by atoms with Gasteiger partial charge in [-0.25, -0.2) is 0 Å². The van der Waals surface area contributed by atoms with Gasteiger partial charge in [-0.15, -0.1) is 0 Å². The first-order valence-corrected chi connectivity index (χ1v) is 10.0. The molecule has 1 N–H and O–H groups in total. The fourth-order valence-electron chi connectivity index (χ4n) is 3.71. The average Bonchev–Trinajstić information content (AvgIpc) is 3.05. The maximum atomic E-state index is 13.1. The number of aromatic nitrogens is 1. The molecule has 1 amide bonds. The summed E-state index contributed by atoms with van der Waals surface area (Å²) >= 11 is 0. The number of ether oxygens (including phenoxy) is 1. The predicted octanol–water partition coefficient (Wildman–Crippen LogP) is 4.42. The second-order valence-electron chi connectivity index (χ2n) is 7.25. The summed E-state index contributed by atoms with van der Waals surface area (Å²) in [7, 11) is 0. The molecule has 6 nitrogen and oxygen atoms in total. The van der Waals surface area contributed by atoms with Crippen LogP contribution in [0.1, 0.15) is 29.7 Å². The van der Waals surface area contributed by atoms with Crippen LogP contribution >= 0.6 is 0 Å². The molecule has 6 heteroatoms. The molecule has 0 spiro atoms. The fraction of sp³-hybridized carbons (Fsp3) is 0.160. The number of aliphatic hydroxyl groups excluding tert-OH is 1. The summed E-state index contributed by atoms with van der Waals surface area (Å²) in [5.41, 5.74) is 2.65. The SMILES string of the molecule is CCOc1cccc(N2C(=O)C(=O)/C(=C(/O)c3ccc(C)cc3)C2c2cccnc2)c1. The lowest BCUT2D eigenvalue weighted by Gasteiger charge is -2.25.